The third kappa shape index (κ3) is 3.91. The molecule has 1 aliphatic heterocycles. The maximum atomic E-state index is 12.6. The largest absolute Gasteiger partial charge is 0.342 e. The molecule has 1 saturated carbocycles. The number of nitrogens with two attached hydrogens (primary N) is 1. The number of benzene rings is 1. The molecule has 3 N–H and O–H groups in total. The number of likely N-dealkylation sites (tertiary alicyclic amines) is 1. The Labute approximate surface area is 161 Å². The summed E-state index contributed by atoms with van der Waals surface area (Å²) in [4.78, 5) is 14.6. The molecule has 0 aromatic heterocycles. The van der Waals surface area contributed by atoms with E-state index in [2.05, 4.69) is 4.72 Å². The van der Waals surface area contributed by atoms with Crippen LogP contribution in [0.1, 0.15) is 43.2 Å². The van der Waals surface area contributed by atoms with Crippen LogP contribution in [0.25, 0.3) is 0 Å². The molecule has 6 nitrogen and oxygen atoms in total. The molecule has 1 aromatic rings. The summed E-state index contributed by atoms with van der Waals surface area (Å²) < 4.78 is 27.7. The fourth-order valence-corrected chi connectivity index (χ4v) is 6.00. The van der Waals surface area contributed by atoms with Crippen LogP contribution in [0.4, 0.5) is 0 Å². The summed E-state index contributed by atoms with van der Waals surface area (Å²) in [5.41, 5.74) is 8.52. The van der Waals surface area contributed by atoms with Crippen LogP contribution in [-0.2, 0) is 27.7 Å². The monoisotopic (exact) mass is 391 g/mol. The van der Waals surface area contributed by atoms with E-state index in [1.807, 2.05) is 11.0 Å². The molecule has 3 unspecified atom stereocenters. The number of amides is 1. The topological polar surface area (TPSA) is 92.5 Å². The Bertz CT molecular complexity index is 824. The highest BCUT2D eigenvalue weighted by Gasteiger charge is 2.42. The Kier molecular flexibility index (Phi) is 5.27. The summed E-state index contributed by atoms with van der Waals surface area (Å²) in [6, 6.07) is 5.61. The Balaban J connectivity index is 1.31. The molecule has 7 heteroatoms. The smallest absolute Gasteiger partial charge is 0.240 e. The molecular weight excluding hydrogens is 362 g/mol. The van der Waals surface area contributed by atoms with Gasteiger partial charge in [0.2, 0.25) is 15.9 Å². The van der Waals surface area contributed by atoms with Gasteiger partial charge in [0.25, 0.3) is 0 Å². The number of nitrogens with one attached hydrogen (secondary N) is 1. The van der Waals surface area contributed by atoms with Crippen LogP contribution in [0.3, 0.4) is 0 Å². The van der Waals surface area contributed by atoms with E-state index in [4.69, 9.17) is 5.73 Å². The minimum atomic E-state index is -3.58. The Hall–Kier alpha value is -1.44. The molecule has 148 valence electrons. The summed E-state index contributed by atoms with van der Waals surface area (Å²) in [6.07, 6.45) is 6.59. The van der Waals surface area contributed by atoms with E-state index in [0.717, 1.165) is 50.8 Å². The second-order valence-electron chi connectivity index (χ2n) is 8.25. The minimum absolute atomic E-state index is 0.0183. The maximum absolute atomic E-state index is 12.6. The maximum Gasteiger partial charge on any atom is 0.240 e. The molecule has 0 spiro atoms. The number of nitrogens with zero attached hydrogens (tertiary/aromatic N) is 1. The summed E-state index contributed by atoms with van der Waals surface area (Å²) in [5, 5.41) is 0. The number of carbonyl (C=O) groups excluding carboxylic acids is 1. The van der Waals surface area contributed by atoms with Gasteiger partial charge in [-0.25, -0.2) is 13.1 Å². The Morgan fingerprint density at radius 2 is 1.93 bits per heavy atom. The van der Waals surface area contributed by atoms with Gasteiger partial charge in [-0.15, -0.1) is 0 Å². The molecule has 1 amide bonds. The molecule has 3 atom stereocenters. The van der Waals surface area contributed by atoms with Crippen molar-refractivity contribution in [3.05, 3.63) is 29.3 Å². The van der Waals surface area contributed by atoms with Crippen LogP contribution in [-0.4, -0.2) is 44.9 Å². The van der Waals surface area contributed by atoms with Crippen molar-refractivity contribution < 1.29 is 13.2 Å². The number of hydrogen-bond acceptors (Lipinski definition) is 4. The standard InChI is InChI=1S/C20H29N3O3S/c21-19-8-6-16-12-23(13-18(16)19)20(24)9-10-22-27(25,26)17-7-5-14-3-1-2-4-15(14)11-17/h5,7,11,16,18-19,22H,1-4,6,8-10,12-13,21H2. The third-order valence-electron chi connectivity index (χ3n) is 6.53. The SMILES string of the molecule is NC1CCC2CN(C(=O)CCNS(=O)(=O)c3ccc4c(c3)CCCC4)CC12. The molecule has 1 heterocycles. The fraction of sp³-hybridized carbons (Fsp3) is 0.650. The number of aryl methyl sites for hydroxylation is 2. The first-order valence-corrected chi connectivity index (χ1v) is 11.6. The lowest BCUT2D eigenvalue weighted by Crippen LogP contribution is -2.35. The molecule has 3 aliphatic rings. The average Bonchev–Trinajstić information content (AvgIpc) is 3.23. The van der Waals surface area contributed by atoms with Gasteiger partial charge in [-0.05, 0) is 73.6 Å². The van der Waals surface area contributed by atoms with Crippen molar-refractivity contribution in [2.75, 3.05) is 19.6 Å². The van der Waals surface area contributed by atoms with Gasteiger partial charge >= 0.3 is 0 Å². The van der Waals surface area contributed by atoms with Crippen LogP contribution in [0.15, 0.2) is 23.1 Å². The summed E-state index contributed by atoms with van der Waals surface area (Å²) in [7, 11) is -3.58. The van der Waals surface area contributed by atoms with Gasteiger partial charge in [0.1, 0.15) is 0 Å². The summed E-state index contributed by atoms with van der Waals surface area (Å²) in [5.74, 6) is 0.960. The highest BCUT2D eigenvalue weighted by molar-refractivity contribution is 7.89. The van der Waals surface area contributed by atoms with Gasteiger partial charge in [0.15, 0.2) is 0 Å². The molecule has 1 saturated heterocycles. The van der Waals surface area contributed by atoms with Crippen LogP contribution in [0.5, 0.6) is 0 Å². The van der Waals surface area contributed by atoms with E-state index in [1.54, 1.807) is 12.1 Å². The highest BCUT2D eigenvalue weighted by atomic mass is 32.2. The highest BCUT2D eigenvalue weighted by Crippen LogP contribution is 2.37. The zero-order chi connectivity index (χ0) is 19.0. The number of hydrogen-bond donors (Lipinski definition) is 2. The van der Waals surface area contributed by atoms with Crippen molar-refractivity contribution >= 4 is 15.9 Å². The van der Waals surface area contributed by atoms with Crippen molar-refractivity contribution in [3.8, 4) is 0 Å². The number of sulfonamides is 1. The van der Waals surface area contributed by atoms with Crippen molar-refractivity contribution in [2.45, 2.75) is 55.9 Å². The number of rotatable bonds is 5. The quantitative estimate of drug-likeness (QED) is 0.794. The summed E-state index contributed by atoms with van der Waals surface area (Å²) in [6.45, 7) is 1.63. The first kappa shape index (κ1) is 18.9. The van der Waals surface area contributed by atoms with Gasteiger partial charge in [0, 0.05) is 32.1 Å². The Morgan fingerprint density at radius 1 is 1.15 bits per heavy atom. The zero-order valence-electron chi connectivity index (χ0n) is 15.7. The first-order valence-electron chi connectivity index (χ1n) is 10.1. The van der Waals surface area contributed by atoms with Gasteiger partial charge < -0.3 is 10.6 Å². The molecule has 2 aliphatic carbocycles. The predicted molar refractivity (Wildman–Crippen MR) is 104 cm³/mol. The lowest BCUT2D eigenvalue weighted by atomic mass is 9.92. The van der Waals surface area contributed by atoms with E-state index in [-0.39, 0.29) is 24.9 Å². The second-order valence-corrected chi connectivity index (χ2v) is 10.0. The molecule has 0 radical (unpaired) electrons. The lowest BCUT2D eigenvalue weighted by Gasteiger charge is -2.19. The van der Waals surface area contributed by atoms with Crippen molar-refractivity contribution in [1.82, 2.24) is 9.62 Å². The normalized spacial score (nSPS) is 27.4. The van der Waals surface area contributed by atoms with E-state index < -0.39 is 10.0 Å². The minimum Gasteiger partial charge on any atom is -0.342 e. The van der Waals surface area contributed by atoms with E-state index in [9.17, 15) is 13.2 Å². The van der Waals surface area contributed by atoms with Crippen molar-refractivity contribution in [3.63, 3.8) is 0 Å². The third-order valence-corrected chi connectivity index (χ3v) is 7.98. The lowest BCUT2D eigenvalue weighted by molar-refractivity contribution is -0.130. The van der Waals surface area contributed by atoms with Gasteiger partial charge in [-0.3, -0.25) is 4.79 Å². The second kappa shape index (κ2) is 7.53. The molecular formula is C20H29N3O3S. The molecule has 27 heavy (non-hydrogen) atoms. The molecule has 2 fully saturated rings. The number of carbonyl (C=O) groups is 1. The molecule has 0 bridgehead atoms. The van der Waals surface area contributed by atoms with Crippen molar-refractivity contribution in [1.29, 1.82) is 0 Å². The van der Waals surface area contributed by atoms with E-state index in [1.165, 1.54) is 12.0 Å². The van der Waals surface area contributed by atoms with Crippen LogP contribution < -0.4 is 10.5 Å². The first-order chi connectivity index (χ1) is 12.9. The van der Waals surface area contributed by atoms with Crippen molar-refractivity contribution in [2.24, 2.45) is 17.6 Å². The zero-order valence-corrected chi connectivity index (χ0v) is 16.5. The van der Waals surface area contributed by atoms with Gasteiger partial charge in [0.05, 0.1) is 4.90 Å². The van der Waals surface area contributed by atoms with Crippen LogP contribution in [0, 0.1) is 11.8 Å². The Morgan fingerprint density at radius 3 is 2.70 bits per heavy atom. The predicted octanol–water partition coefficient (Wildman–Crippen LogP) is 1.43. The van der Waals surface area contributed by atoms with Gasteiger partial charge in [-0.2, -0.15) is 0 Å². The number of fused-ring (bicyclic) bond motifs is 2. The van der Waals surface area contributed by atoms with E-state index in [0.29, 0.717) is 16.7 Å². The van der Waals surface area contributed by atoms with E-state index >= 15 is 0 Å². The van der Waals surface area contributed by atoms with Crippen LogP contribution in [0.2, 0.25) is 0 Å². The average molecular weight is 392 g/mol. The van der Waals surface area contributed by atoms with Crippen LogP contribution >= 0.6 is 0 Å². The summed E-state index contributed by atoms with van der Waals surface area (Å²) >= 11 is 0. The molecule has 4 rings (SSSR count). The fourth-order valence-electron chi connectivity index (χ4n) is 4.92. The van der Waals surface area contributed by atoms with Gasteiger partial charge in [-0.1, -0.05) is 6.07 Å². The molecule has 1 aromatic carbocycles.